The molecule has 0 aliphatic rings. The highest BCUT2D eigenvalue weighted by Gasteiger charge is 2.14. The van der Waals surface area contributed by atoms with Crippen molar-refractivity contribution in [3.63, 3.8) is 0 Å². The summed E-state index contributed by atoms with van der Waals surface area (Å²) in [5.74, 6) is -0.985. The van der Waals surface area contributed by atoms with Gasteiger partial charge in [-0.3, -0.25) is 10.1 Å². The lowest BCUT2D eigenvalue weighted by molar-refractivity contribution is -0.118. The van der Waals surface area contributed by atoms with Gasteiger partial charge >= 0.3 is 0 Å². The Morgan fingerprint density at radius 1 is 1.35 bits per heavy atom. The molecule has 0 aromatic carbocycles. The van der Waals surface area contributed by atoms with Gasteiger partial charge in [-0.15, -0.1) is 10.2 Å². The van der Waals surface area contributed by atoms with E-state index >= 15 is 0 Å². The van der Waals surface area contributed by atoms with Gasteiger partial charge in [-0.1, -0.05) is 13.8 Å². The highest BCUT2D eigenvalue weighted by atomic mass is 16.2. The number of hydrogen-bond acceptors (Lipinski definition) is 5. The molecular formula is C11H15N5O. The van der Waals surface area contributed by atoms with Gasteiger partial charge in [0.15, 0.2) is 0 Å². The number of nitrogens with zero attached hydrogens (tertiary/aromatic N) is 4. The van der Waals surface area contributed by atoms with Gasteiger partial charge in [0, 0.05) is 0 Å². The highest BCUT2D eigenvalue weighted by Crippen LogP contribution is 2.07. The van der Waals surface area contributed by atoms with Crippen LogP contribution in [0, 0.1) is 17.2 Å². The third-order valence-electron chi connectivity index (χ3n) is 2.33. The molecule has 1 unspecified atom stereocenters. The Balaban J connectivity index is 2.87. The molecule has 0 aliphatic carbocycles. The number of carbonyl (C=O) groups is 1. The van der Waals surface area contributed by atoms with Gasteiger partial charge in [-0.2, -0.15) is 5.26 Å². The average molecular weight is 233 g/mol. The predicted molar refractivity (Wildman–Crippen MR) is 62.0 cm³/mol. The fraction of sp³-hybridized carbons (Fsp3) is 0.545. The summed E-state index contributed by atoms with van der Waals surface area (Å²) >= 11 is 0. The third kappa shape index (κ3) is 3.21. The maximum Gasteiger partial charge on any atom is 0.249 e. The Morgan fingerprint density at radius 3 is 2.53 bits per heavy atom. The average Bonchev–Trinajstić information content (AvgIpc) is 2.37. The lowest BCUT2D eigenvalue weighted by Gasteiger charge is -2.07. The molecule has 1 heterocycles. The molecule has 90 valence electrons. The topological polar surface area (TPSA) is 91.6 Å². The van der Waals surface area contributed by atoms with Crippen LogP contribution < -0.4 is 5.32 Å². The van der Waals surface area contributed by atoms with E-state index in [4.69, 9.17) is 5.26 Å². The van der Waals surface area contributed by atoms with Crippen molar-refractivity contribution in [1.29, 1.82) is 5.26 Å². The second-order valence-corrected chi connectivity index (χ2v) is 3.58. The van der Waals surface area contributed by atoms with E-state index in [2.05, 4.69) is 20.5 Å². The van der Waals surface area contributed by atoms with Crippen LogP contribution in [0.15, 0.2) is 0 Å². The molecule has 0 saturated carbocycles. The van der Waals surface area contributed by atoms with Crippen molar-refractivity contribution in [1.82, 2.24) is 15.2 Å². The Kier molecular flexibility index (Phi) is 4.52. The Labute approximate surface area is 100 Å². The number of amides is 1. The van der Waals surface area contributed by atoms with Crippen LogP contribution in [0.4, 0.5) is 5.95 Å². The van der Waals surface area contributed by atoms with E-state index in [-0.39, 0.29) is 5.95 Å². The summed E-state index contributed by atoms with van der Waals surface area (Å²) in [5.41, 5.74) is 1.65. The lowest BCUT2D eigenvalue weighted by Crippen LogP contribution is -2.21. The number of aryl methyl sites for hydroxylation is 2. The number of nitrogens with one attached hydrogen (secondary N) is 1. The quantitative estimate of drug-likeness (QED) is 0.840. The summed E-state index contributed by atoms with van der Waals surface area (Å²) in [7, 11) is 0. The van der Waals surface area contributed by atoms with Crippen LogP contribution in [0.2, 0.25) is 0 Å². The van der Waals surface area contributed by atoms with E-state index in [9.17, 15) is 4.79 Å². The van der Waals surface area contributed by atoms with Crippen LogP contribution in [0.5, 0.6) is 0 Å². The molecule has 0 saturated heterocycles. The van der Waals surface area contributed by atoms with E-state index in [0.29, 0.717) is 0 Å². The van der Waals surface area contributed by atoms with Crippen molar-refractivity contribution in [3.8, 4) is 6.07 Å². The smallest absolute Gasteiger partial charge is 0.249 e. The molecule has 1 amide bonds. The molecular weight excluding hydrogens is 218 g/mol. The normalized spacial score (nSPS) is 11.6. The number of aromatic nitrogens is 3. The first-order chi connectivity index (χ1) is 8.12. The van der Waals surface area contributed by atoms with Gasteiger partial charge in [0.05, 0.1) is 17.5 Å². The zero-order chi connectivity index (χ0) is 12.8. The number of anilines is 1. The second kappa shape index (κ2) is 5.89. The highest BCUT2D eigenvalue weighted by molar-refractivity contribution is 5.92. The maximum atomic E-state index is 11.5. The minimum Gasteiger partial charge on any atom is -0.292 e. The minimum atomic E-state index is -0.727. The van der Waals surface area contributed by atoms with Gasteiger partial charge in [0.25, 0.3) is 0 Å². The van der Waals surface area contributed by atoms with Crippen LogP contribution in [0.25, 0.3) is 0 Å². The number of hydrogen-bond donors (Lipinski definition) is 1. The van der Waals surface area contributed by atoms with E-state index in [1.807, 2.05) is 19.9 Å². The zero-order valence-corrected chi connectivity index (χ0v) is 10.2. The summed E-state index contributed by atoms with van der Waals surface area (Å²) in [4.78, 5) is 15.7. The maximum absolute atomic E-state index is 11.5. The fourth-order valence-corrected chi connectivity index (χ4v) is 1.27. The Hall–Kier alpha value is -2.03. The molecule has 1 rings (SSSR count). The molecule has 0 fully saturated rings. The standard InChI is InChI=1S/C11H15N5O/c1-4-8-9(5-2)15-16-11(13-8)14-10(17)7(3)6-12/h7H,4-5H2,1-3H3,(H,13,14,16,17). The molecule has 1 aromatic heterocycles. The monoisotopic (exact) mass is 233 g/mol. The zero-order valence-electron chi connectivity index (χ0n) is 10.2. The van der Waals surface area contributed by atoms with Crippen molar-refractivity contribution in [3.05, 3.63) is 11.4 Å². The van der Waals surface area contributed by atoms with E-state index < -0.39 is 11.8 Å². The van der Waals surface area contributed by atoms with Gasteiger partial charge in [-0.25, -0.2) is 4.98 Å². The van der Waals surface area contributed by atoms with Crippen molar-refractivity contribution >= 4 is 11.9 Å². The lowest BCUT2D eigenvalue weighted by atomic mass is 10.2. The number of nitriles is 1. The summed E-state index contributed by atoms with van der Waals surface area (Å²) < 4.78 is 0. The molecule has 0 spiro atoms. The third-order valence-corrected chi connectivity index (χ3v) is 2.33. The SMILES string of the molecule is CCc1nnc(NC(=O)C(C)C#N)nc1CC. The van der Waals surface area contributed by atoms with E-state index in [1.165, 1.54) is 6.92 Å². The van der Waals surface area contributed by atoms with E-state index in [1.54, 1.807) is 0 Å². The molecule has 6 heteroatoms. The minimum absolute atomic E-state index is 0.158. The largest absolute Gasteiger partial charge is 0.292 e. The molecule has 0 radical (unpaired) electrons. The fourth-order valence-electron chi connectivity index (χ4n) is 1.27. The molecule has 6 nitrogen and oxygen atoms in total. The second-order valence-electron chi connectivity index (χ2n) is 3.58. The van der Waals surface area contributed by atoms with Crippen molar-refractivity contribution in [2.24, 2.45) is 5.92 Å². The molecule has 0 bridgehead atoms. The molecule has 1 aromatic rings. The van der Waals surface area contributed by atoms with Crippen LogP contribution >= 0.6 is 0 Å². The van der Waals surface area contributed by atoms with Crippen LogP contribution in [-0.2, 0) is 17.6 Å². The predicted octanol–water partition coefficient (Wildman–Crippen LogP) is 1.09. The number of rotatable bonds is 4. The van der Waals surface area contributed by atoms with Crippen LogP contribution in [-0.4, -0.2) is 21.1 Å². The Morgan fingerprint density at radius 2 is 2.00 bits per heavy atom. The molecule has 1 atom stereocenters. The molecule has 0 aliphatic heterocycles. The summed E-state index contributed by atoms with van der Waals surface area (Å²) in [6.07, 6.45) is 1.49. The number of carbonyl (C=O) groups excluding carboxylic acids is 1. The molecule has 1 N–H and O–H groups in total. The van der Waals surface area contributed by atoms with Gasteiger partial charge in [-0.05, 0) is 19.8 Å². The van der Waals surface area contributed by atoms with Crippen molar-refractivity contribution in [2.75, 3.05) is 5.32 Å². The van der Waals surface area contributed by atoms with Crippen LogP contribution in [0.3, 0.4) is 0 Å². The van der Waals surface area contributed by atoms with Gasteiger partial charge in [0.1, 0.15) is 5.92 Å². The summed E-state index contributed by atoms with van der Waals surface area (Å²) in [6.45, 7) is 5.46. The first-order valence-electron chi connectivity index (χ1n) is 5.55. The summed E-state index contributed by atoms with van der Waals surface area (Å²) in [5, 5.41) is 18.9. The Bertz CT molecular complexity index is 452. The first kappa shape index (κ1) is 13.0. The first-order valence-corrected chi connectivity index (χ1v) is 5.55. The van der Waals surface area contributed by atoms with Crippen LogP contribution in [0.1, 0.15) is 32.2 Å². The van der Waals surface area contributed by atoms with Crippen molar-refractivity contribution in [2.45, 2.75) is 33.6 Å². The van der Waals surface area contributed by atoms with Crippen molar-refractivity contribution < 1.29 is 4.79 Å². The van der Waals surface area contributed by atoms with E-state index in [0.717, 1.165) is 24.2 Å². The molecule has 17 heavy (non-hydrogen) atoms. The van der Waals surface area contributed by atoms with Gasteiger partial charge in [0.2, 0.25) is 11.9 Å². The van der Waals surface area contributed by atoms with Gasteiger partial charge < -0.3 is 0 Å². The summed E-state index contributed by atoms with van der Waals surface area (Å²) in [6, 6.07) is 1.85.